The fourth-order valence-electron chi connectivity index (χ4n) is 3.26. The quantitative estimate of drug-likeness (QED) is 0.401. The second-order valence-corrected chi connectivity index (χ2v) is 8.76. The summed E-state index contributed by atoms with van der Waals surface area (Å²) in [5.41, 5.74) is 2.18. The zero-order chi connectivity index (χ0) is 22.4. The molecule has 1 aliphatic carbocycles. The molecule has 3 rings (SSSR count). The van der Waals surface area contributed by atoms with Gasteiger partial charge in [-0.1, -0.05) is 29.8 Å². The number of amides is 2. The van der Waals surface area contributed by atoms with E-state index in [0.29, 0.717) is 29.2 Å². The van der Waals surface area contributed by atoms with Crippen LogP contribution < -0.4 is 10.6 Å². The van der Waals surface area contributed by atoms with Crippen LogP contribution in [0.3, 0.4) is 0 Å². The van der Waals surface area contributed by atoms with E-state index in [1.807, 2.05) is 31.2 Å². The van der Waals surface area contributed by atoms with Crippen LogP contribution in [-0.4, -0.2) is 28.6 Å². The van der Waals surface area contributed by atoms with Gasteiger partial charge in [0, 0.05) is 21.3 Å². The molecule has 2 amide bonds. The van der Waals surface area contributed by atoms with Gasteiger partial charge in [-0.3, -0.25) is 14.4 Å². The fraction of sp³-hybridized carbons (Fsp3) is 0.261. The molecule has 31 heavy (non-hydrogen) atoms. The third-order valence-electron chi connectivity index (χ3n) is 5.03. The SMILES string of the molecule is Cc1ccc(NC(=O)CSc2ccc(NC(=O)[C@H]3CC=CC[C@@H]3C(=O)O)cc2)cc1Cl. The summed E-state index contributed by atoms with van der Waals surface area (Å²) < 4.78 is 0. The van der Waals surface area contributed by atoms with Crippen molar-refractivity contribution in [3.63, 3.8) is 0 Å². The van der Waals surface area contributed by atoms with Crippen LogP contribution in [0.4, 0.5) is 11.4 Å². The van der Waals surface area contributed by atoms with Crippen molar-refractivity contribution >= 4 is 52.5 Å². The highest BCUT2D eigenvalue weighted by molar-refractivity contribution is 8.00. The van der Waals surface area contributed by atoms with Gasteiger partial charge < -0.3 is 15.7 Å². The van der Waals surface area contributed by atoms with Gasteiger partial charge in [0.2, 0.25) is 11.8 Å². The predicted octanol–water partition coefficient (Wildman–Crippen LogP) is 4.98. The van der Waals surface area contributed by atoms with Gasteiger partial charge >= 0.3 is 5.97 Å². The number of benzene rings is 2. The first-order valence-corrected chi connectivity index (χ1v) is 11.2. The Balaban J connectivity index is 1.51. The van der Waals surface area contributed by atoms with Crippen LogP contribution in [-0.2, 0) is 14.4 Å². The van der Waals surface area contributed by atoms with E-state index in [1.54, 1.807) is 30.3 Å². The largest absolute Gasteiger partial charge is 0.481 e. The van der Waals surface area contributed by atoms with E-state index >= 15 is 0 Å². The first-order chi connectivity index (χ1) is 14.8. The maximum atomic E-state index is 12.5. The average molecular weight is 459 g/mol. The van der Waals surface area contributed by atoms with Gasteiger partial charge in [-0.05, 0) is 61.7 Å². The summed E-state index contributed by atoms with van der Waals surface area (Å²) in [7, 11) is 0. The Hall–Kier alpha value is -2.77. The number of anilines is 2. The smallest absolute Gasteiger partial charge is 0.307 e. The Labute approximate surface area is 190 Å². The molecule has 1 aliphatic rings. The highest BCUT2D eigenvalue weighted by Gasteiger charge is 2.33. The minimum atomic E-state index is -0.956. The molecule has 2 aromatic rings. The van der Waals surface area contributed by atoms with Gasteiger partial charge in [0.15, 0.2) is 0 Å². The number of thioether (sulfide) groups is 1. The van der Waals surface area contributed by atoms with Crippen molar-refractivity contribution in [1.82, 2.24) is 0 Å². The molecule has 0 heterocycles. The number of nitrogens with one attached hydrogen (secondary N) is 2. The summed E-state index contributed by atoms with van der Waals surface area (Å²) in [6.45, 7) is 1.90. The molecule has 0 unspecified atom stereocenters. The maximum absolute atomic E-state index is 12.5. The number of halogens is 1. The molecule has 0 spiro atoms. The summed E-state index contributed by atoms with van der Waals surface area (Å²) in [5, 5.41) is 15.5. The second-order valence-electron chi connectivity index (χ2n) is 7.31. The van der Waals surface area contributed by atoms with Crippen molar-refractivity contribution in [2.45, 2.75) is 24.7 Å². The summed E-state index contributed by atoms with van der Waals surface area (Å²) in [6, 6.07) is 12.5. The van der Waals surface area contributed by atoms with Crippen molar-refractivity contribution in [3.05, 3.63) is 65.2 Å². The summed E-state index contributed by atoms with van der Waals surface area (Å²) in [5.74, 6) is -2.47. The first-order valence-electron chi connectivity index (χ1n) is 9.81. The van der Waals surface area contributed by atoms with E-state index in [1.165, 1.54) is 11.8 Å². The molecule has 2 aromatic carbocycles. The van der Waals surface area contributed by atoms with Crippen LogP contribution in [0.25, 0.3) is 0 Å². The highest BCUT2D eigenvalue weighted by atomic mass is 35.5. The van der Waals surface area contributed by atoms with Crippen LogP contribution in [0, 0.1) is 18.8 Å². The molecule has 6 nitrogen and oxygen atoms in total. The van der Waals surface area contributed by atoms with Gasteiger partial charge in [-0.15, -0.1) is 11.8 Å². The third kappa shape index (κ3) is 6.35. The van der Waals surface area contributed by atoms with E-state index < -0.39 is 17.8 Å². The lowest BCUT2D eigenvalue weighted by Gasteiger charge is -2.24. The Morgan fingerprint density at radius 1 is 1.00 bits per heavy atom. The molecule has 0 saturated carbocycles. The van der Waals surface area contributed by atoms with Crippen molar-refractivity contribution in [1.29, 1.82) is 0 Å². The zero-order valence-corrected chi connectivity index (χ0v) is 18.5. The standard InChI is InChI=1S/C23H23ClN2O4S/c1-14-6-7-16(12-20(14)24)25-21(27)13-31-17-10-8-15(9-11-17)26-22(28)18-4-2-3-5-19(18)23(29)30/h2-3,6-12,18-19H,4-5,13H2,1H3,(H,25,27)(H,26,28)(H,29,30)/t18-,19-/m0/s1. The topological polar surface area (TPSA) is 95.5 Å². The number of carbonyl (C=O) groups excluding carboxylic acids is 2. The molecule has 3 N–H and O–H groups in total. The summed E-state index contributed by atoms with van der Waals surface area (Å²) in [6.07, 6.45) is 4.43. The Bertz CT molecular complexity index is 1010. The number of aliphatic carboxylic acids is 1. The third-order valence-corrected chi connectivity index (χ3v) is 6.45. The zero-order valence-electron chi connectivity index (χ0n) is 16.9. The number of carboxylic acid groups (broad SMARTS) is 1. The van der Waals surface area contributed by atoms with Gasteiger partial charge in [0.05, 0.1) is 17.6 Å². The number of rotatable bonds is 7. The minimum absolute atomic E-state index is 0.146. The second kappa shape index (κ2) is 10.5. The Morgan fingerprint density at radius 3 is 2.29 bits per heavy atom. The van der Waals surface area contributed by atoms with Crippen LogP contribution in [0.1, 0.15) is 18.4 Å². The molecule has 0 saturated heterocycles. The number of hydrogen-bond donors (Lipinski definition) is 3. The number of allylic oxidation sites excluding steroid dienone is 2. The lowest BCUT2D eigenvalue weighted by Crippen LogP contribution is -2.34. The molecular weight excluding hydrogens is 436 g/mol. The number of carbonyl (C=O) groups is 3. The monoisotopic (exact) mass is 458 g/mol. The summed E-state index contributed by atoms with van der Waals surface area (Å²) >= 11 is 7.45. The molecule has 162 valence electrons. The Kier molecular flexibility index (Phi) is 7.76. The van der Waals surface area contributed by atoms with E-state index in [4.69, 9.17) is 11.6 Å². The fourth-order valence-corrected chi connectivity index (χ4v) is 4.14. The minimum Gasteiger partial charge on any atom is -0.481 e. The van der Waals surface area contributed by atoms with E-state index in [9.17, 15) is 19.5 Å². The molecule has 0 radical (unpaired) electrons. The van der Waals surface area contributed by atoms with Crippen molar-refractivity contribution < 1.29 is 19.5 Å². The average Bonchev–Trinajstić information content (AvgIpc) is 2.76. The summed E-state index contributed by atoms with van der Waals surface area (Å²) in [4.78, 5) is 37.0. The number of hydrogen-bond acceptors (Lipinski definition) is 4. The molecule has 0 fully saturated rings. The van der Waals surface area contributed by atoms with Crippen LogP contribution in [0.5, 0.6) is 0 Å². The molecular formula is C23H23ClN2O4S. The van der Waals surface area contributed by atoms with Crippen molar-refractivity contribution in [2.24, 2.45) is 11.8 Å². The van der Waals surface area contributed by atoms with Gasteiger partial charge in [-0.25, -0.2) is 0 Å². The van der Waals surface area contributed by atoms with E-state index in [-0.39, 0.29) is 17.6 Å². The lowest BCUT2D eigenvalue weighted by atomic mass is 9.82. The molecule has 2 atom stereocenters. The van der Waals surface area contributed by atoms with Gasteiger partial charge in [0.1, 0.15) is 0 Å². The van der Waals surface area contributed by atoms with Crippen molar-refractivity contribution in [2.75, 3.05) is 16.4 Å². The molecule has 0 aromatic heterocycles. The van der Waals surface area contributed by atoms with Crippen LogP contribution in [0.15, 0.2) is 59.5 Å². The first kappa shape index (κ1) is 22.9. The van der Waals surface area contributed by atoms with Crippen LogP contribution in [0.2, 0.25) is 5.02 Å². The number of carboxylic acids is 1. The highest BCUT2D eigenvalue weighted by Crippen LogP contribution is 2.28. The Morgan fingerprint density at radius 2 is 1.65 bits per heavy atom. The van der Waals surface area contributed by atoms with E-state index in [0.717, 1.165) is 10.5 Å². The normalized spacial score (nSPS) is 17.7. The van der Waals surface area contributed by atoms with Gasteiger partial charge in [0.25, 0.3) is 0 Å². The van der Waals surface area contributed by atoms with Crippen molar-refractivity contribution in [3.8, 4) is 0 Å². The van der Waals surface area contributed by atoms with Gasteiger partial charge in [-0.2, -0.15) is 0 Å². The molecule has 0 bridgehead atoms. The molecule has 0 aliphatic heterocycles. The van der Waals surface area contributed by atoms with E-state index in [2.05, 4.69) is 10.6 Å². The maximum Gasteiger partial charge on any atom is 0.307 e. The lowest BCUT2D eigenvalue weighted by molar-refractivity contribution is -0.146. The van der Waals surface area contributed by atoms with Crippen LogP contribution >= 0.6 is 23.4 Å². The predicted molar refractivity (Wildman–Crippen MR) is 124 cm³/mol. The molecule has 8 heteroatoms. The number of aryl methyl sites for hydroxylation is 1.